The minimum Gasteiger partial charge on any atom is -0.303 e. The Labute approximate surface area is 92.8 Å². The number of hydrogen-bond acceptors (Lipinski definition) is 1. The maximum absolute atomic E-state index is 12.7. The maximum Gasteiger partial charge on any atom is 0.242 e. The van der Waals surface area contributed by atoms with Gasteiger partial charge in [-0.05, 0) is 32.4 Å². The number of halogens is 2. The second kappa shape index (κ2) is 7.15. The molecule has 0 bridgehead atoms. The van der Waals surface area contributed by atoms with Crippen molar-refractivity contribution in [3.8, 4) is 0 Å². The predicted molar refractivity (Wildman–Crippen MR) is 61.3 cm³/mol. The molecule has 15 heavy (non-hydrogen) atoms. The van der Waals surface area contributed by atoms with Gasteiger partial charge >= 0.3 is 0 Å². The molecule has 0 saturated carbocycles. The fourth-order valence-electron chi connectivity index (χ4n) is 2.50. The fourth-order valence-corrected chi connectivity index (χ4v) is 2.50. The third-order valence-electron chi connectivity index (χ3n) is 3.00. The summed E-state index contributed by atoms with van der Waals surface area (Å²) in [6.45, 7) is 9.02. The van der Waals surface area contributed by atoms with E-state index in [-0.39, 0.29) is 6.04 Å². The van der Waals surface area contributed by atoms with E-state index in [1.165, 1.54) is 0 Å². The van der Waals surface area contributed by atoms with Gasteiger partial charge in [0, 0.05) is 12.0 Å². The predicted octanol–water partition coefficient (Wildman–Crippen LogP) is 3.64. The first-order chi connectivity index (χ1) is 7.04. The van der Waals surface area contributed by atoms with Crippen LogP contribution in [0.2, 0.25) is 0 Å². The topological polar surface area (TPSA) is 3.24 Å². The molecule has 1 fully saturated rings. The third-order valence-corrected chi connectivity index (χ3v) is 3.00. The van der Waals surface area contributed by atoms with Crippen molar-refractivity contribution < 1.29 is 8.78 Å². The van der Waals surface area contributed by atoms with E-state index in [1.807, 2.05) is 34.7 Å². The molecule has 0 aromatic heterocycles. The van der Waals surface area contributed by atoms with Crippen molar-refractivity contribution in [2.75, 3.05) is 13.6 Å². The van der Waals surface area contributed by atoms with Crippen molar-refractivity contribution in [2.45, 2.75) is 53.0 Å². The lowest BCUT2D eigenvalue weighted by Gasteiger charge is -2.41. The summed E-state index contributed by atoms with van der Waals surface area (Å²) in [6, 6.07) is 0.0637. The van der Waals surface area contributed by atoms with Gasteiger partial charge in [0.1, 0.15) is 0 Å². The Hall–Kier alpha value is -0.180. The fraction of sp³-hybridized carbons (Fsp3) is 1.00. The van der Waals surface area contributed by atoms with Gasteiger partial charge in [0.15, 0.2) is 0 Å². The minimum absolute atomic E-state index is 0.0637. The highest BCUT2D eigenvalue weighted by Gasteiger charge is 2.36. The van der Waals surface area contributed by atoms with Gasteiger partial charge in [-0.25, -0.2) is 8.78 Å². The van der Waals surface area contributed by atoms with Crippen LogP contribution in [0.1, 0.15) is 40.5 Å². The van der Waals surface area contributed by atoms with E-state index in [9.17, 15) is 8.78 Å². The van der Waals surface area contributed by atoms with Crippen molar-refractivity contribution in [1.82, 2.24) is 4.90 Å². The van der Waals surface area contributed by atoms with Crippen molar-refractivity contribution in [3.05, 3.63) is 0 Å². The Bertz CT molecular complexity index is 160. The van der Waals surface area contributed by atoms with E-state index in [0.717, 1.165) is 13.0 Å². The number of piperidine rings is 1. The van der Waals surface area contributed by atoms with Gasteiger partial charge in [0.25, 0.3) is 0 Å². The largest absolute Gasteiger partial charge is 0.303 e. The van der Waals surface area contributed by atoms with E-state index in [0.29, 0.717) is 12.3 Å². The van der Waals surface area contributed by atoms with Crippen LogP contribution >= 0.6 is 0 Å². The first kappa shape index (κ1) is 14.8. The highest BCUT2D eigenvalue weighted by Crippen LogP contribution is 2.31. The first-order valence-electron chi connectivity index (χ1n) is 6.02. The lowest BCUT2D eigenvalue weighted by Crippen LogP contribution is -2.48. The molecule has 0 aromatic rings. The standard InChI is InChI=1S/C10H19F2N.C2H6/c1-7(2)9-8(10(11)12)5-4-6-13(9)3;1-2/h7-10H,4-6H2,1-3H3;1-2H3. The highest BCUT2D eigenvalue weighted by atomic mass is 19.3. The van der Waals surface area contributed by atoms with Crippen LogP contribution in [0.5, 0.6) is 0 Å². The average molecular weight is 221 g/mol. The smallest absolute Gasteiger partial charge is 0.242 e. The minimum atomic E-state index is -2.16. The summed E-state index contributed by atoms with van der Waals surface area (Å²) in [5.41, 5.74) is 0. The van der Waals surface area contributed by atoms with Gasteiger partial charge in [-0.1, -0.05) is 27.7 Å². The summed E-state index contributed by atoms with van der Waals surface area (Å²) >= 11 is 0. The molecule has 0 aromatic carbocycles. The molecule has 92 valence electrons. The zero-order valence-corrected chi connectivity index (χ0v) is 10.6. The quantitative estimate of drug-likeness (QED) is 0.688. The molecule has 3 heteroatoms. The maximum atomic E-state index is 12.7. The van der Waals surface area contributed by atoms with Gasteiger partial charge in [-0.2, -0.15) is 0 Å². The molecule has 1 aliphatic heterocycles. The van der Waals surface area contributed by atoms with Crippen LogP contribution in [-0.4, -0.2) is 31.0 Å². The monoisotopic (exact) mass is 221 g/mol. The van der Waals surface area contributed by atoms with E-state index in [1.54, 1.807) is 0 Å². The zero-order valence-electron chi connectivity index (χ0n) is 10.6. The number of nitrogens with zero attached hydrogens (tertiary/aromatic N) is 1. The van der Waals surface area contributed by atoms with Crippen molar-refractivity contribution in [3.63, 3.8) is 0 Å². The molecule has 1 rings (SSSR count). The SMILES string of the molecule is CC.CC(C)C1C(C(F)F)CCCN1C. The van der Waals surface area contributed by atoms with E-state index in [2.05, 4.69) is 4.90 Å². The molecule has 1 heterocycles. The molecule has 2 atom stereocenters. The van der Waals surface area contributed by atoms with Crippen LogP contribution in [0.25, 0.3) is 0 Å². The molecule has 1 nitrogen and oxygen atoms in total. The zero-order chi connectivity index (χ0) is 12.0. The summed E-state index contributed by atoms with van der Waals surface area (Å²) < 4.78 is 25.4. The lowest BCUT2D eigenvalue weighted by molar-refractivity contribution is -0.0216. The Morgan fingerprint density at radius 3 is 2.07 bits per heavy atom. The Morgan fingerprint density at radius 1 is 1.20 bits per heavy atom. The van der Waals surface area contributed by atoms with Crippen LogP contribution < -0.4 is 0 Å². The van der Waals surface area contributed by atoms with Gasteiger partial charge in [-0.3, -0.25) is 0 Å². The summed E-state index contributed by atoms with van der Waals surface area (Å²) in [7, 11) is 1.96. The normalized spacial score (nSPS) is 27.8. The Balaban J connectivity index is 0.000000921. The van der Waals surface area contributed by atoms with Gasteiger partial charge in [0.05, 0.1) is 0 Å². The number of rotatable bonds is 2. The highest BCUT2D eigenvalue weighted by molar-refractivity contribution is 4.85. The Morgan fingerprint density at radius 2 is 1.73 bits per heavy atom. The molecular weight excluding hydrogens is 196 g/mol. The number of hydrogen-bond donors (Lipinski definition) is 0. The third kappa shape index (κ3) is 4.06. The van der Waals surface area contributed by atoms with E-state index < -0.39 is 12.3 Å². The van der Waals surface area contributed by atoms with E-state index in [4.69, 9.17) is 0 Å². The molecule has 1 saturated heterocycles. The van der Waals surface area contributed by atoms with Crippen molar-refractivity contribution in [2.24, 2.45) is 11.8 Å². The molecule has 0 amide bonds. The second-order valence-electron chi connectivity index (χ2n) is 4.36. The van der Waals surface area contributed by atoms with Gasteiger partial charge in [0.2, 0.25) is 6.43 Å². The molecule has 1 aliphatic rings. The summed E-state index contributed by atoms with van der Waals surface area (Å²) in [5, 5.41) is 0. The molecular formula is C12H25F2N. The van der Waals surface area contributed by atoms with Crippen LogP contribution in [0.4, 0.5) is 8.78 Å². The molecule has 0 radical (unpaired) electrons. The summed E-state index contributed by atoms with van der Waals surface area (Å²) in [5.74, 6) is -0.0944. The molecule has 0 spiro atoms. The summed E-state index contributed by atoms with van der Waals surface area (Å²) in [6.07, 6.45) is -0.560. The van der Waals surface area contributed by atoms with Crippen LogP contribution in [0.15, 0.2) is 0 Å². The number of alkyl halides is 2. The van der Waals surface area contributed by atoms with Gasteiger partial charge < -0.3 is 4.90 Å². The summed E-state index contributed by atoms with van der Waals surface area (Å²) in [4.78, 5) is 2.09. The molecule has 0 aliphatic carbocycles. The van der Waals surface area contributed by atoms with Gasteiger partial charge in [-0.15, -0.1) is 0 Å². The lowest BCUT2D eigenvalue weighted by atomic mass is 9.83. The first-order valence-corrected chi connectivity index (χ1v) is 6.02. The molecule has 0 N–H and O–H groups in total. The second-order valence-corrected chi connectivity index (χ2v) is 4.36. The van der Waals surface area contributed by atoms with Crippen molar-refractivity contribution >= 4 is 0 Å². The van der Waals surface area contributed by atoms with Crippen molar-refractivity contribution in [1.29, 1.82) is 0 Å². The average Bonchev–Trinajstić information content (AvgIpc) is 2.19. The molecule has 2 unspecified atom stereocenters. The number of likely N-dealkylation sites (tertiary alicyclic amines) is 1. The van der Waals surface area contributed by atoms with Crippen LogP contribution in [-0.2, 0) is 0 Å². The van der Waals surface area contributed by atoms with Crippen LogP contribution in [0.3, 0.4) is 0 Å². The van der Waals surface area contributed by atoms with Crippen LogP contribution in [0, 0.1) is 11.8 Å². The Kier molecular flexibility index (Phi) is 7.07. The van der Waals surface area contributed by atoms with E-state index >= 15 is 0 Å².